The second-order valence-corrected chi connectivity index (χ2v) is 7.40. The lowest BCUT2D eigenvalue weighted by Crippen LogP contribution is -2.38. The minimum absolute atomic E-state index is 0.0838. The van der Waals surface area contributed by atoms with Gasteiger partial charge in [0.1, 0.15) is 17.0 Å². The molecule has 0 saturated carbocycles. The van der Waals surface area contributed by atoms with Crippen molar-refractivity contribution in [1.82, 2.24) is 5.32 Å². The molecule has 2 N–H and O–H groups in total. The summed E-state index contributed by atoms with van der Waals surface area (Å²) in [5.41, 5.74) is 2.46. The van der Waals surface area contributed by atoms with Crippen molar-refractivity contribution in [3.63, 3.8) is 0 Å². The van der Waals surface area contributed by atoms with Crippen molar-refractivity contribution in [3.05, 3.63) is 51.7 Å². The summed E-state index contributed by atoms with van der Waals surface area (Å²) in [6.07, 6.45) is 3.86. The van der Waals surface area contributed by atoms with Crippen LogP contribution in [0.15, 0.2) is 24.3 Å². The van der Waals surface area contributed by atoms with Gasteiger partial charge >= 0.3 is 0 Å². The molecule has 1 aromatic carbocycles. The molecule has 23 heavy (non-hydrogen) atoms. The van der Waals surface area contributed by atoms with Gasteiger partial charge in [0, 0.05) is 10.4 Å². The molecule has 2 aliphatic rings. The summed E-state index contributed by atoms with van der Waals surface area (Å²) in [5, 5.41) is 7.12. The molecule has 0 bridgehead atoms. The number of anilines is 1. The number of benzene rings is 1. The first kappa shape index (κ1) is 14.7. The number of fused-ring (bicyclic) bond motifs is 3. The lowest BCUT2D eigenvalue weighted by molar-refractivity contribution is 0.0934. The topological polar surface area (TPSA) is 41.1 Å². The van der Waals surface area contributed by atoms with Crippen LogP contribution in [0.4, 0.5) is 9.39 Å². The van der Waals surface area contributed by atoms with Gasteiger partial charge in [-0.2, -0.15) is 0 Å². The van der Waals surface area contributed by atoms with Gasteiger partial charge in [-0.15, -0.1) is 11.3 Å². The zero-order chi connectivity index (χ0) is 16.0. The first-order valence-corrected chi connectivity index (χ1v) is 8.95. The van der Waals surface area contributed by atoms with Crippen molar-refractivity contribution < 1.29 is 9.18 Å². The molecule has 2 atom stereocenters. The van der Waals surface area contributed by atoms with Gasteiger partial charge in [-0.3, -0.25) is 4.79 Å². The normalized spacial score (nSPS) is 22.8. The van der Waals surface area contributed by atoms with Crippen LogP contribution in [0.2, 0.25) is 0 Å². The molecule has 5 heteroatoms. The van der Waals surface area contributed by atoms with Crippen molar-refractivity contribution >= 4 is 22.2 Å². The molecule has 0 saturated heterocycles. The molecule has 0 unspecified atom stereocenters. The van der Waals surface area contributed by atoms with Crippen LogP contribution in [0.5, 0.6) is 0 Å². The Morgan fingerprint density at radius 1 is 1.30 bits per heavy atom. The van der Waals surface area contributed by atoms with Gasteiger partial charge in [-0.1, -0.05) is 31.5 Å². The highest BCUT2D eigenvalue weighted by Gasteiger charge is 2.34. The van der Waals surface area contributed by atoms with Gasteiger partial charge in [0.15, 0.2) is 0 Å². The fourth-order valence-corrected chi connectivity index (χ4v) is 4.97. The van der Waals surface area contributed by atoms with Crippen LogP contribution in [0.1, 0.15) is 52.3 Å². The molecule has 1 aliphatic carbocycles. The Balaban J connectivity index is 1.69. The average Bonchev–Trinajstić information content (AvgIpc) is 2.92. The Morgan fingerprint density at radius 3 is 2.91 bits per heavy atom. The van der Waals surface area contributed by atoms with Crippen LogP contribution in [-0.4, -0.2) is 5.91 Å². The van der Waals surface area contributed by atoms with Crippen LogP contribution in [0.3, 0.4) is 0 Å². The molecule has 4 rings (SSSR count). The van der Waals surface area contributed by atoms with E-state index in [-0.39, 0.29) is 11.7 Å². The summed E-state index contributed by atoms with van der Waals surface area (Å²) >= 11 is 1.67. The second-order valence-electron chi connectivity index (χ2n) is 6.30. The number of nitrogens with one attached hydrogen (secondary N) is 2. The Bertz CT molecular complexity index is 770. The quantitative estimate of drug-likeness (QED) is 0.864. The van der Waals surface area contributed by atoms with Crippen molar-refractivity contribution in [2.24, 2.45) is 5.92 Å². The molecule has 1 aromatic heterocycles. The predicted molar refractivity (Wildman–Crippen MR) is 90.4 cm³/mol. The van der Waals surface area contributed by atoms with Crippen molar-refractivity contribution in [2.75, 3.05) is 5.32 Å². The van der Waals surface area contributed by atoms with E-state index >= 15 is 0 Å². The molecule has 2 heterocycles. The van der Waals surface area contributed by atoms with Crippen LogP contribution < -0.4 is 10.6 Å². The van der Waals surface area contributed by atoms with E-state index in [2.05, 4.69) is 17.6 Å². The number of halogens is 1. The van der Waals surface area contributed by atoms with E-state index in [1.165, 1.54) is 22.9 Å². The second kappa shape index (κ2) is 5.64. The third-order valence-corrected chi connectivity index (χ3v) is 6.12. The van der Waals surface area contributed by atoms with Crippen LogP contribution in [-0.2, 0) is 12.8 Å². The minimum Gasteiger partial charge on any atom is -0.353 e. The highest BCUT2D eigenvalue weighted by atomic mass is 32.1. The average molecular weight is 330 g/mol. The maximum Gasteiger partial charge on any atom is 0.256 e. The van der Waals surface area contributed by atoms with Crippen LogP contribution in [0.25, 0.3) is 0 Å². The molecule has 1 amide bonds. The first-order chi connectivity index (χ1) is 11.2. The zero-order valence-corrected chi connectivity index (χ0v) is 13.8. The molecule has 3 nitrogen and oxygen atoms in total. The molecule has 2 aromatic rings. The minimum atomic E-state index is -0.502. The summed E-state index contributed by atoms with van der Waals surface area (Å²) in [4.78, 5) is 13.9. The number of hydrogen-bond acceptors (Lipinski definition) is 3. The van der Waals surface area contributed by atoms with E-state index in [4.69, 9.17) is 0 Å². The van der Waals surface area contributed by atoms with Crippen molar-refractivity contribution in [3.8, 4) is 0 Å². The van der Waals surface area contributed by atoms with Gasteiger partial charge in [0.05, 0.1) is 5.56 Å². The standard InChI is InChI=1S/C18H19FN2OS/c1-2-10-7-8-12-14(9-10)23-18-15(12)17(22)20-16(21-18)11-5-3-4-6-13(11)19/h3-6,10,16,21H,2,7-9H2,1H3,(H,20,22)/t10-,16+/m1/s1. The Hall–Kier alpha value is -1.88. The number of carbonyl (C=O) groups is 1. The molecule has 120 valence electrons. The maximum atomic E-state index is 14.0. The lowest BCUT2D eigenvalue weighted by Gasteiger charge is -2.27. The Kier molecular flexibility index (Phi) is 3.60. The van der Waals surface area contributed by atoms with E-state index in [0.717, 1.165) is 29.8 Å². The fourth-order valence-electron chi connectivity index (χ4n) is 3.58. The zero-order valence-electron chi connectivity index (χ0n) is 13.0. The maximum absolute atomic E-state index is 14.0. The van der Waals surface area contributed by atoms with Gasteiger partial charge in [0.25, 0.3) is 5.91 Å². The predicted octanol–water partition coefficient (Wildman–Crippen LogP) is 4.26. The number of thiophene rings is 1. The fraction of sp³-hybridized carbons (Fsp3) is 0.389. The summed E-state index contributed by atoms with van der Waals surface area (Å²) in [6.45, 7) is 2.22. The third kappa shape index (κ3) is 2.43. The van der Waals surface area contributed by atoms with E-state index in [9.17, 15) is 9.18 Å². The lowest BCUT2D eigenvalue weighted by atomic mass is 9.85. The molecular formula is C18H19FN2OS. The van der Waals surface area contributed by atoms with Gasteiger partial charge in [0.2, 0.25) is 0 Å². The van der Waals surface area contributed by atoms with Gasteiger partial charge < -0.3 is 10.6 Å². The summed E-state index contributed by atoms with van der Waals surface area (Å²) in [5.74, 6) is 0.327. The van der Waals surface area contributed by atoms with Crippen LogP contribution in [0, 0.1) is 11.7 Å². The van der Waals surface area contributed by atoms with Crippen molar-refractivity contribution in [1.29, 1.82) is 0 Å². The molecular weight excluding hydrogens is 311 g/mol. The summed E-state index contributed by atoms with van der Waals surface area (Å²) in [7, 11) is 0. The third-order valence-electron chi connectivity index (χ3n) is 4.94. The molecule has 0 spiro atoms. The Morgan fingerprint density at radius 2 is 2.13 bits per heavy atom. The smallest absolute Gasteiger partial charge is 0.256 e. The van der Waals surface area contributed by atoms with Crippen LogP contribution >= 0.6 is 11.3 Å². The number of rotatable bonds is 2. The largest absolute Gasteiger partial charge is 0.353 e. The summed E-state index contributed by atoms with van der Waals surface area (Å²) < 4.78 is 14.0. The molecule has 0 fully saturated rings. The first-order valence-electron chi connectivity index (χ1n) is 8.13. The number of carbonyl (C=O) groups excluding carboxylic acids is 1. The highest BCUT2D eigenvalue weighted by molar-refractivity contribution is 7.16. The molecule has 0 radical (unpaired) electrons. The number of amides is 1. The van der Waals surface area contributed by atoms with E-state index in [1.807, 2.05) is 0 Å². The highest BCUT2D eigenvalue weighted by Crippen LogP contribution is 2.43. The van der Waals surface area contributed by atoms with E-state index in [0.29, 0.717) is 11.5 Å². The van der Waals surface area contributed by atoms with E-state index in [1.54, 1.807) is 29.5 Å². The Labute approximate surface area is 138 Å². The van der Waals surface area contributed by atoms with E-state index < -0.39 is 6.17 Å². The van der Waals surface area contributed by atoms with Gasteiger partial charge in [-0.25, -0.2) is 4.39 Å². The van der Waals surface area contributed by atoms with Gasteiger partial charge in [-0.05, 0) is 36.8 Å². The molecule has 1 aliphatic heterocycles. The SMILES string of the molecule is CC[C@@H]1CCc2c(sc3c2C(=O)N[C@H](c2ccccc2F)N3)C1. The van der Waals surface area contributed by atoms with Crippen molar-refractivity contribution in [2.45, 2.75) is 38.8 Å². The summed E-state index contributed by atoms with van der Waals surface area (Å²) in [6, 6.07) is 6.57. The number of hydrogen-bond donors (Lipinski definition) is 2. The monoisotopic (exact) mass is 330 g/mol.